The second kappa shape index (κ2) is 6.89. The molecule has 0 fully saturated rings. The van der Waals surface area contributed by atoms with Gasteiger partial charge in [0, 0.05) is 24.0 Å². The molecule has 3 heterocycles. The largest absolute Gasteiger partial charge is 0.464 e. The summed E-state index contributed by atoms with van der Waals surface area (Å²) in [6, 6.07) is 6.49. The lowest BCUT2D eigenvalue weighted by Crippen LogP contribution is -2.41. The number of halogens is 2. The average Bonchev–Trinajstić information content (AvgIpc) is 3.18. The highest BCUT2D eigenvalue weighted by Gasteiger charge is 2.22. The van der Waals surface area contributed by atoms with Crippen molar-refractivity contribution in [1.29, 1.82) is 0 Å². The molecule has 1 aromatic carbocycles. The van der Waals surface area contributed by atoms with E-state index in [-0.39, 0.29) is 23.4 Å². The predicted octanol–water partition coefficient (Wildman–Crippen LogP) is 2.86. The molecule has 0 radical (unpaired) electrons. The number of benzene rings is 1. The molecule has 4 rings (SSSR count). The van der Waals surface area contributed by atoms with E-state index in [1.807, 2.05) is 0 Å². The van der Waals surface area contributed by atoms with Gasteiger partial charge in [-0.15, -0.1) is 0 Å². The molecule has 0 aliphatic heterocycles. The lowest BCUT2D eigenvalue weighted by atomic mass is 10.2. The number of rotatable bonds is 3. The van der Waals surface area contributed by atoms with Gasteiger partial charge in [0.1, 0.15) is 0 Å². The highest BCUT2D eigenvalue weighted by molar-refractivity contribution is 9.10. The topological polar surface area (TPSA) is 104 Å². The first-order valence-corrected chi connectivity index (χ1v) is 9.81. The van der Waals surface area contributed by atoms with E-state index < -0.39 is 17.3 Å². The molecule has 0 amide bonds. The SMILES string of the molecule is CCn1c(=O)n(Cc2cc3c(Cl)cccc3n2C(=O)O)c(=O)c2c1nc(Br)n2C. The van der Waals surface area contributed by atoms with E-state index in [2.05, 4.69) is 20.9 Å². The van der Waals surface area contributed by atoms with Gasteiger partial charge in [-0.1, -0.05) is 17.7 Å². The van der Waals surface area contributed by atoms with E-state index in [4.69, 9.17) is 11.6 Å². The Morgan fingerprint density at radius 3 is 2.66 bits per heavy atom. The van der Waals surface area contributed by atoms with Crippen molar-refractivity contribution in [2.24, 2.45) is 7.05 Å². The Morgan fingerprint density at radius 2 is 2.00 bits per heavy atom. The molecule has 0 atom stereocenters. The van der Waals surface area contributed by atoms with E-state index in [1.54, 1.807) is 42.8 Å². The lowest BCUT2D eigenvalue weighted by Gasteiger charge is -2.11. The maximum Gasteiger partial charge on any atom is 0.416 e. The molecule has 0 spiro atoms. The van der Waals surface area contributed by atoms with Crippen LogP contribution in [0, 0.1) is 0 Å². The van der Waals surface area contributed by atoms with Crippen molar-refractivity contribution < 1.29 is 9.90 Å². The zero-order chi connectivity index (χ0) is 21.0. The summed E-state index contributed by atoms with van der Waals surface area (Å²) in [6.45, 7) is 1.84. The maximum atomic E-state index is 13.1. The fourth-order valence-corrected chi connectivity index (χ4v) is 4.08. The van der Waals surface area contributed by atoms with Gasteiger partial charge in [-0.25, -0.2) is 19.1 Å². The van der Waals surface area contributed by atoms with Crippen molar-refractivity contribution in [3.63, 3.8) is 0 Å². The average molecular weight is 481 g/mol. The van der Waals surface area contributed by atoms with Gasteiger partial charge < -0.3 is 9.67 Å². The minimum Gasteiger partial charge on any atom is -0.464 e. The van der Waals surface area contributed by atoms with Crippen LogP contribution in [0.1, 0.15) is 12.6 Å². The second-order valence-corrected chi connectivity index (χ2v) is 7.57. The zero-order valence-electron chi connectivity index (χ0n) is 15.4. The Kier molecular flexibility index (Phi) is 4.62. The summed E-state index contributed by atoms with van der Waals surface area (Å²) in [5.74, 6) is 0. The van der Waals surface area contributed by atoms with Crippen LogP contribution in [0.25, 0.3) is 22.1 Å². The molecule has 0 bridgehead atoms. The van der Waals surface area contributed by atoms with E-state index in [9.17, 15) is 19.5 Å². The highest BCUT2D eigenvalue weighted by atomic mass is 79.9. The molecule has 0 saturated heterocycles. The quantitative estimate of drug-likeness (QED) is 0.454. The van der Waals surface area contributed by atoms with E-state index in [0.29, 0.717) is 27.2 Å². The summed E-state index contributed by atoms with van der Waals surface area (Å²) >= 11 is 9.48. The van der Waals surface area contributed by atoms with Crippen LogP contribution in [0.15, 0.2) is 38.6 Å². The van der Waals surface area contributed by atoms with Gasteiger partial charge in [-0.05, 0) is 41.1 Å². The minimum absolute atomic E-state index is 0.228. The minimum atomic E-state index is -1.23. The predicted molar refractivity (Wildman–Crippen MR) is 112 cm³/mol. The fourth-order valence-electron chi connectivity index (χ4n) is 3.51. The smallest absolute Gasteiger partial charge is 0.416 e. The third-order valence-corrected chi connectivity index (χ3v) is 5.92. The highest BCUT2D eigenvalue weighted by Crippen LogP contribution is 2.27. The monoisotopic (exact) mass is 479 g/mol. The summed E-state index contributed by atoms with van der Waals surface area (Å²) in [6.07, 6.45) is -1.23. The summed E-state index contributed by atoms with van der Waals surface area (Å²) in [7, 11) is 1.66. The van der Waals surface area contributed by atoms with E-state index in [1.165, 1.54) is 4.57 Å². The van der Waals surface area contributed by atoms with Gasteiger partial charge in [-0.3, -0.25) is 13.9 Å². The number of hydrogen-bond donors (Lipinski definition) is 1. The molecule has 1 N–H and O–H groups in total. The first-order chi connectivity index (χ1) is 13.8. The fraction of sp³-hybridized carbons (Fsp3) is 0.222. The van der Waals surface area contributed by atoms with E-state index in [0.717, 1.165) is 9.13 Å². The summed E-state index contributed by atoms with van der Waals surface area (Å²) in [4.78, 5) is 42.3. The standard InChI is InChI=1S/C18H15BrClN5O4/c1-3-23-14-13(22(2)16(19)21-14)15(26)24(17(23)27)8-9-7-10-11(20)5-4-6-12(10)25(9)18(28)29/h4-7H,3,8H2,1-2H3,(H,28,29). The van der Waals surface area contributed by atoms with Crippen molar-refractivity contribution in [3.05, 3.63) is 60.6 Å². The molecule has 4 aromatic rings. The third kappa shape index (κ3) is 2.82. The first-order valence-electron chi connectivity index (χ1n) is 8.64. The molecule has 9 nitrogen and oxygen atoms in total. The van der Waals surface area contributed by atoms with Crippen LogP contribution in [0.5, 0.6) is 0 Å². The van der Waals surface area contributed by atoms with Crippen molar-refractivity contribution in [3.8, 4) is 0 Å². The normalized spacial score (nSPS) is 11.6. The molecular formula is C18H15BrClN5O4. The second-order valence-electron chi connectivity index (χ2n) is 6.46. The molecular weight excluding hydrogens is 466 g/mol. The Labute approximate surface area is 176 Å². The number of nitrogens with zero attached hydrogens (tertiary/aromatic N) is 5. The van der Waals surface area contributed by atoms with Gasteiger partial charge >= 0.3 is 11.8 Å². The number of fused-ring (bicyclic) bond motifs is 2. The Morgan fingerprint density at radius 1 is 1.28 bits per heavy atom. The van der Waals surface area contributed by atoms with Crippen LogP contribution in [-0.4, -0.2) is 34.5 Å². The summed E-state index contributed by atoms with van der Waals surface area (Å²) in [5.41, 5.74) is 0.0353. The first kappa shape index (κ1) is 19.5. The Hall–Kier alpha value is -2.85. The molecule has 0 aliphatic carbocycles. The number of aromatic nitrogens is 5. The molecule has 29 heavy (non-hydrogen) atoms. The summed E-state index contributed by atoms with van der Waals surface area (Å²) < 4.78 is 5.38. The van der Waals surface area contributed by atoms with Gasteiger partial charge in [0.2, 0.25) is 0 Å². The molecule has 11 heteroatoms. The van der Waals surface area contributed by atoms with Gasteiger partial charge in [0.15, 0.2) is 15.9 Å². The van der Waals surface area contributed by atoms with E-state index >= 15 is 0 Å². The molecule has 0 unspecified atom stereocenters. The van der Waals surface area contributed by atoms with Crippen LogP contribution in [0.4, 0.5) is 4.79 Å². The van der Waals surface area contributed by atoms with Crippen molar-refractivity contribution in [1.82, 2.24) is 23.3 Å². The number of aryl methyl sites for hydroxylation is 2. The molecule has 3 aromatic heterocycles. The molecule has 150 valence electrons. The van der Waals surface area contributed by atoms with Gasteiger partial charge in [0.25, 0.3) is 5.56 Å². The Balaban J connectivity index is 2.03. The maximum absolute atomic E-state index is 13.1. The number of carboxylic acid groups (broad SMARTS) is 1. The zero-order valence-corrected chi connectivity index (χ0v) is 17.7. The Bertz CT molecular complexity index is 1430. The van der Waals surface area contributed by atoms with Gasteiger partial charge in [-0.2, -0.15) is 0 Å². The molecule has 0 aliphatic rings. The number of hydrogen-bond acceptors (Lipinski definition) is 4. The van der Waals surface area contributed by atoms with Crippen LogP contribution in [0.2, 0.25) is 5.02 Å². The molecule has 0 saturated carbocycles. The van der Waals surface area contributed by atoms with Crippen molar-refractivity contribution in [2.75, 3.05) is 0 Å². The van der Waals surface area contributed by atoms with Gasteiger partial charge in [0.05, 0.1) is 17.8 Å². The van der Waals surface area contributed by atoms with Crippen LogP contribution in [0.3, 0.4) is 0 Å². The number of carbonyl (C=O) groups is 1. The summed E-state index contributed by atoms with van der Waals surface area (Å²) in [5, 5.41) is 10.6. The lowest BCUT2D eigenvalue weighted by molar-refractivity contribution is 0.196. The van der Waals surface area contributed by atoms with Crippen LogP contribution >= 0.6 is 27.5 Å². The van der Waals surface area contributed by atoms with Crippen molar-refractivity contribution in [2.45, 2.75) is 20.0 Å². The van der Waals surface area contributed by atoms with Crippen molar-refractivity contribution >= 4 is 55.7 Å². The van der Waals surface area contributed by atoms with Crippen LogP contribution < -0.4 is 11.2 Å². The third-order valence-electron chi connectivity index (χ3n) is 4.88. The van der Waals surface area contributed by atoms with Crippen LogP contribution in [-0.2, 0) is 20.1 Å². The number of imidazole rings is 1.